The van der Waals surface area contributed by atoms with Gasteiger partial charge in [0.1, 0.15) is 18.5 Å². The Labute approximate surface area is 257 Å². The van der Waals surface area contributed by atoms with Crippen LogP contribution in [0, 0.1) is 34.5 Å². The van der Waals surface area contributed by atoms with Gasteiger partial charge in [-0.2, -0.15) is 5.26 Å². The van der Waals surface area contributed by atoms with Crippen LogP contribution in [0.2, 0.25) is 0 Å². The highest BCUT2D eigenvalue weighted by atomic mass is 16.5. The number of aromatic nitrogens is 1. The fourth-order valence-electron chi connectivity index (χ4n) is 7.02. The number of aryl methyl sites for hydroxylation is 2. The van der Waals surface area contributed by atoms with Crippen LogP contribution in [0.1, 0.15) is 77.6 Å². The van der Waals surface area contributed by atoms with E-state index in [2.05, 4.69) is 121 Å². The number of pyridine rings is 1. The van der Waals surface area contributed by atoms with Crippen LogP contribution >= 0.6 is 0 Å². The van der Waals surface area contributed by atoms with Crippen LogP contribution < -0.4 is 9.30 Å². The quantitative estimate of drug-likeness (QED) is 0.156. The molecule has 6 rings (SSSR count). The van der Waals surface area contributed by atoms with Crippen LogP contribution in [0.15, 0.2) is 54.7 Å². The minimum Gasteiger partial charge on any atom is -0.455 e. The van der Waals surface area contributed by atoms with Gasteiger partial charge in [0.05, 0.1) is 22.4 Å². The molecule has 0 unspecified atom stereocenters. The normalized spacial score (nSPS) is 13.3. The second-order valence-corrected chi connectivity index (χ2v) is 15.9. The van der Waals surface area contributed by atoms with Gasteiger partial charge in [0.15, 0.2) is 6.20 Å². The number of hydrogen-bond donors (Lipinski definition) is 0. The molecule has 0 atom stereocenters. The molecule has 0 saturated heterocycles. The first-order chi connectivity index (χ1) is 20.0. The van der Waals surface area contributed by atoms with Gasteiger partial charge >= 0.3 is 0 Å². The number of ether oxygens (including phenoxy) is 1. The summed E-state index contributed by atoms with van der Waals surface area (Å²) in [7, 11) is 2.16. The summed E-state index contributed by atoms with van der Waals surface area (Å²) in [6.07, 6.45) is 4.87. The lowest BCUT2D eigenvalue weighted by Gasteiger charge is -2.29. The number of hydrogen-bond acceptors (Lipinski definition) is 2. The highest BCUT2D eigenvalue weighted by molar-refractivity contribution is 6.16. The maximum absolute atomic E-state index is 9.67. The number of nitriles is 1. The fourth-order valence-corrected chi connectivity index (χ4v) is 7.02. The first-order valence-electron chi connectivity index (χ1n) is 15.6. The standard InChI is InChI=1S/C40H45N2O/c1-24-30-17-25(20-38(2,3)4)12-14-28(30)32(22-39(5,6)7)37-34(24)36-35-29(15-16-42(36)10)31-18-26(21-40(8,9)23-41)11-13-27(31)19-33(35)43-37/h11-19H,20-22H2,1-10H3/q+1. The maximum atomic E-state index is 9.67. The van der Waals surface area contributed by atoms with Crippen molar-refractivity contribution in [2.24, 2.45) is 23.3 Å². The number of benzene rings is 4. The fraction of sp³-hybridized carbons (Fsp3) is 0.400. The third-order valence-corrected chi connectivity index (χ3v) is 8.79. The van der Waals surface area contributed by atoms with Crippen LogP contribution in [-0.4, -0.2) is 0 Å². The average Bonchev–Trinajstić information content (AvgIpc) is 2.90. The molecule has 43 heavy (non-hydrogen) atoms. The molecular weight excluding hydrogens is 524 g/mol. The molecule has 0 bridgehead atoms. The Kier molecular flexibility index (Phi) is 6.66. The molecule has 3 heteroatoms. The first-order valence-corrected chi connectivity index (χ1v) is 15.6. The number of nitrogens with zero attached hydrogens (tertiary/aromatic N) is 2. The van der Waals surface area contributed by atoms with Crippen molar-refractivity contribution < 1.29 is 9.30 Å². The van der Waals surface area contributed by atoms with E-state index in [4.69, 9.17) is 4.74 Å². The SMILES string of the molecule is Cc1c2c(c(CC(C)(C)C)c3ccc(CC(C)(C)C)cc13)Oc1cc3ccc(CC(C)(C)C#N)cc3c3cc[n+](C)c-2c13. The van der Waals surface area contributed by atoms with Gasteiger partial charge in [-0.15, -0.1) is 0 Å². The van der Waals surface area contributed by atoms with Crippen molar-refractivity contribution >= 4 is 32.3 Å². The number of fused-ring (bicyclic) bond motifs is 5. The first kappa shape index (κ1) is 29.2. The van der Waals surface area contributed by atoms with E-state index in [0.29, 0.717) is 6.42 Å². The van der Waals surface area contributed by atoms with Crippen LogP contribution in [0.25, 0.3) is 43.6 Å². The van der Waals surface area contributed by atoms with Crippen molar-refractivity contribution in [3.63, 3.8) is 0 Å². The molecule has 220 valence electrons. The Morgan fingerprint density at radius 1 is 0.744 bits per heavy atom. The zero-order chi connectivity index (χ0) is 31.1. The Morgan fingerprint density at radius 2 is 1.40 bits per heavy atom. The summed E-state index contributed by atoms with van der Waals surface area (Å²) in [6, 6.07) is 20.6. The molecule has 5 aromatic rings. The minimum atomic E-state index is -0.415. The van der Waals surface area contributed by atoms with Crippen molar-refractivity contribution in [3.8, 4) is 28.8 Å². The molecule has 0 fully saturated rings. The van der Waals surface area contributed by atoms with E-state index in [0.717, 1.165) is 35.1 Å². The largest absolute Gasteiger partial charge is 0.455 e. The van der Waals surface area contributed by atoms with Gasteiger partial charge in [-0.25, -0.2) is 4.57 Å². The monoisotopic (exact) mass is 569 g/mol. The van der Waals surface area contributed by atoms with Crippen molar-refractivity contribution in [2.45, 2.75) is 81.6 Å². The molecule has 0 amide bonds. The summed E-state index contributed by atoms with van der Waals surface area (Å²) in [5.74, 6) is 1.93. The van der Waals surface area contributed by atoms with E-state index in [1.54, 1.807) is 0 Å². The van der Waals surface area contributed by atoms with Crippen LogP contribution in [0.3, 0.4) is 0 Å². The molecular formula is C40H45N2O+. The van der Waals surface area contributed by atoms with Gasteiger partial charge in [-0.1, -0.05) is 77.9 Å². The smallest absolute Gasteiger partial charge is 0.228 e. The van der Waals surface area contributed by atoms with Gasteiger partial charge in [0.2, 0.25) is 5.69 Å². The molecule has 1 aliphatic heterocycles. The predicted molar refractivity (Wildman–Crippen MR) is 180 cm³/mol. The average molecular weight is 570 g/mol. The molecule has 0 spiro atoms. The maximum Gasteiger partial charge on any atom is 0.228 e. The highest BCUT2D eigenvalue weighted by Gasteiger charge is 2.34. The minimum absolute atomic E-state index is 0.0921. The predicted octanol–water partition coefficient (Wildman–Crippen LogP) is 10.3. The van der Waals surface area contributed by atoms with Crippen LogP contribution in [0.5, 0.6) is 11.5 Å². The van der Waals surface area contributed by atoms with Crippen molar-refractivity contribution in [1.29, 1.82) is 5.26 Å². The van der Waals surface area contributed by atoms with E-state index < -0.39 is 5.41 Å². The van der Waals surface area contributed by atoms with E-state index in [1.807, 2.05) is 13.8 Å². The Morgan fingerprint density at radius 3 is 2.07 bits per heavy atom. The molecule has 4 aromatic carbocycles. The molecule has 0 saturated carbocycles. The molecule has 0 radical (unpaired) electrons. The molecule has 1 aliphatic rings. The summed E-state index contributed by atoms with van der Waals surface area (Å²) < 4.78 is 9.34. The second kappa shape index (κ2) is 9.81. The third kappa shape index (κ3) is 5.27. The van der Waals surface area contributed by atoms with E-state index in [-0.39, 0.29) is 10.8 Å². The summed E-state index contributed by atoms with van der Waals surface area (Å²) in [4.78, 5) is 0. The van der Waals surface area contributed by atoms with Gasteiger partial charge in [0, 0.05) is 17.0 Å². The topological polar surface area (TPSA) is 36.9 Å². The molecule has 1 aromatic heterocycles. The highest BCUT2D eigenvalue weighted by Crippen LogP contribution is 2.53. The molecule has 3 nitrogen and oxygen atoms in total. The Bertz CT molecular complexity index is 1990. The lowest BCUT2D eigenvalue weighted by molar-refractivity contribution is -0.659. The third-order valence-electron chi connectivity index (χ3n) is 8.79. The van der Waals surface area contributed by atoms with Crippen molar-refractivity contribution in [2.75, 3.05) is 0 Å². The van der Waals surface area contributed by atoms with Gasteiger partial charge in [0.25, 0.3) is 0 Å². The van der Waals surface area contributed by atoms with E-state index >= 15 is 0 Å². The van der Waals surface area contributed by atoms with Gasteiger partial charge < -0.3 is 4.74 Å². The zero-order valence-electron chi connectivity index (χ0n) is 27.6. The second-order valence-electron chi connectivity index (χ2n) is 15.9. The molecule has 0 N–H and O–H groups in total. The van der Waals surface area contributed by atoms with E-state index in [1.165, 1.54) is 55.1 Å². The number of rotatable bonds is 4. The summed E-state index contributed by atoms with van der Waals surface area (Å²) in [6.45, 7) is 20.2. The van der Waals surface area contributed by atoms with Gasteiger partial charge in [-0.05, 0) is 95.2 Å². The van der Waals surface area contributed by atoms with Crippen LogP contribution in [0.4, 0.5) is 0 Å². The lowest BCUT2D eigenvalue weighted by atomic mass is 9.80. The summed E-state index contributed by atoms with van der Waals surface area (Å²) in [5.41, 5.74) is 7.45. The lowest BCUT2D eigenvalue weighted by Crippen LogP contribution is -2.32. The van der Waals surface area contributed by atoms with E-state index in [9.17, 15) is 5.26 Å². The molecule has 2 heterocycles. The van der Waals surface area contributed by atoms with Crippen LogP contribution in [-0.2, 0) is 26.3 Å². The zero-order valence-corrected chi connectivity index (χ0v) is 27.6. The summed E-state index contributed by atoms with van der Waals surface area (Å²) >= 11 is 0. The Balaban J connectivity index is 1.68. The summed E-state index contributed by atoms with van der Waals surface area (Å²) in [5, 5.41) is 17.0. The Hall–Kier alpha value is -3.90. The van der Waals surface area contributed by atoms with Crippen molar-refractivity contribution in [1.82, 2.24) is 0 Å². The van der Waals surface area contributed by atoms with Crippen molar-refractivity contribution in [3.05, 3.63) is 77.0 Å². The molecule has 0 aliphatic carbocycles. The van der Waals surface area contributed by atoms with Gasteiger partial charge in [-0.3, -0.25) is 0 Å².